The number of nitrogens with one attached hydrogen (secondary N) is 1. The molecule has 19 heavy (non-hydrogen) atoms. The molecular formula is C16H24N2O. The lowest BCUT2D eigenvalue weighted by Crippen LogP contribution is -2.30. The highest BCUT2D eigenvalue weighted by Crippen LogP contribution is 2.37. The van der Waals surface area contributed by atoms with Crippen LogP contribution >= 0.6 is 0 Å². The zero-order chi connectivity index (χ0) is 13.1. The van der Waals surface area contributed by atoms with E-state index in [0.717, 1.165) is 25.6 Å². The molecule has 1 heterocycles. The zero-order valence-corrected chi connectivity index (χ0v) is 11.5. The lowest BCUT2D eigenvalue weighted by Gasteiger charge is -2.27. The van der Waals surface area contributed by atoms with Crippen LogP contribution in [0.2, 0.25) is 0 Å². The smallest absolute Gasteiger partial charge is 0.0495 e. The summed E-state index contributed by atoms with van der Waals surface area (Å²) >= 11 is 0. The Hall–Kier alpha value is -0.900. The van der Waals surface area contributed by atoms with Crippen LogP contribution in [-0.4, -0.2) is 13.2 Å². The number of hydrazine groups is 1. The van der Waals surface area contributed by atoms with Crippen molar-refractivity contribution in [1.29, 1.82) is 0 Å². The molecule has 0 amide bonds. The second-order valence-corrected chi connectivity index (χ2v) is 5.98. The lowest BCUT2D eigenvalue weighted by molar-refractivity contribution is 0.181. The van der Waals surface area contributed by atoms with Gasteiger partial charge in [0.2, 0.25) is 0 Å². The van der Waals surface area contributed by atoms with Gasteiger partial charge < -0.3 is 4.74 Å². The highest BCUT2D eigenvalue weighted by atomic mass is 16.5. The molecule has 0 aromatic heterocycles. The number of hydrogen-bond donors (Lipinski definition) is 2. The molecule has 104 valence electrons. The molecule has 3 rings (SSSR count). The van der Waals surface area contributed by atoms with Gasteiger partial charge in [-0.2, -0.15) is 0 Å². The van der Waals surface area contributed by atoms with Crippen LogP contribution in [0.25, 0.3) is 0 Å². The molecular weight excluding hydrogens is 236 g/mol. The predicted molar refractivity (Wildman–Crippen MR) is 76.6 cm³/mol. The molecule has 1 aliphatic carbocycles. The summed E-state index contributed by atoms with van der Waals surface area (Å²) in [5.74, 6) is 7.20. The molecule has 1 aromatic carbocycles. The Morgan fingerprint density at radius 3 is 2.84 bits per heavy atom. The van der Waals surface area contributed by atoms with Crippen LogP contribution in [0.4, 0.5) is 0 Å². The molecule has 1 saturated carbocycles. The summed E-state index contributed by atoms with van der Waals surface area (Å²) in [6.07, 6.45) is 6.32. The molecule has 1 aliphatic heterocycles. The normalized spacial score (nSPS) is 25.2. The number of benzene rings is 1. The van der Waals surface area contributed by atoms with E-state index in [9.17, 15) is 0 Å². The van der Waals surface area contributed by atoms with E-state index in [2.05, 4.69) is 29.7 Å². The highest BCUT2D eigenvalue weighted by Gasteiger charge is 2.23. The van der Waals surface area contributed by atoms with Crippen molar-refractivity contribution >= 4 is 0 Å². The summed E-state index contributed by atoms with van der Waals surface area (Å²) < 4.78 is 5.46. The van der Waals surface area contributed by atoms with Gasteiger partial charge in [-0.05, 0) is 48.6 Å². The van der Waals surface area contributed by atoms with Crippen LogP contribution in [0, 0.1) is 5.92 Å². The number of hydrogen-bond acceptors (Lipinski definition) is 3. The van der Waals surface area contributed by atoms with Crippen LogP contribution in [0.15, 0.2) is 24.3 Å². The molecule has 0 bridgehead atoms. The Labute approximate surface area is 115 Å². The van der Waals surface area contributed by atoms with Crippen molar-refractivity contribution in [2.45, 2.75) is 44.1 Å². The van der Waals surface area contributed by atoms with Gasteiger partial charge in [0, 0.05) is 19.3 Å². The van der Waals surface area contributed by atoms with Gasteiger partial charge in [-0.1, -0.05) is 30.7 Å². The van der Waals surface area contributed by atoms with E-state index in [1.807, 2.05) is 0 Å². The van der Waals surface area contributed by atoms with Crippen molar-refractivity contribution in [2.24, 2.45) is 11.8 Å². The van der Waals surface area contributed by atoms with E-state index in [1.54, 1.807) is 0 Å². The molecule has 0 spiro atoms. The van der Waals surface area contributed by atoms with Gasteiger partial charge in [0.1, 0.15) is 0 Å². The van der Waals surface area contributed by atoms with Crippen LogP contribution in [0.3, 0.4) is 0 Å². The van der Waals surface area contributed by atoms with E-state index in [1.165, 1.54) is 36.8 Å². The maximum absolute atomic E-state index is 5.76. The third-order valence-corrected chi connectivity index (χ3v) is 4.68. The fourth-order valence-electron chi connectivity index (χ4n) is 3.17. The molecule has 2 fully saturated rings. The predicted octanol–water partition coefficient (Wildman–Crippen LogP) is 2.89. The highest BCUT2D eigenvalue weighted by molar-refractivity contribution is 5.29. The first-order valence-electron chi connectivity index (χ1n) is 7.50. The second kappa shape index (κ2) is 6.04. The molecule has 2 atom stereocenters. The van der Waals surface area contributed by atoms with E-state index >= 15 is 0 Å². The number of ether oxygens (including phenoxy) is 1. The summed E-state index contributed by atoms with van der Waals surface area (Å²) in [6.45, 7) is 1.80. The first kappa shape index (κ1) is 13.1. The van der Waals surface area contributed by atoms with Crippen LogP contribution in [0.5, 0.6) is 0 Å². The standard InChI is InChI=1S/C16H24N2O/c17-18-16(9-12-7-8-19-11-12)15-6-2-5-14(10-15)13-3-1-4-13/h2,5-6,10,12-13,16,18H,1,3-4,7-9,11,17H2. The summed E-state index contributed by atoms with van der Waals surface area (Å²) in [7, 11) is 0. The number of rotatable bonds is 5. The molecule has 0 radical (unpaired) electrons. The average Bonchev–Trinajstić information content (AvgIpc) is 2.87. The van der Waals surface area contributed by atoms with Crippen molar-refractivity contribution in [2.75, 3.05) is 13.2 Å². The fraction of sp³-hybridized carbons (Fsp3) is 0.625. The van der Waals surface area contributed by atoms with Crippen molar-refractivity contribution in [3.8, 4) is 0 Å². The van der Waals surface area contributed by atoms with Crippen LogP contribution < -0.4 is 11.3 Å². The average molecular weight is 260 g/mol. The SMILES string of the molecule is NNC(CC1CCOC1)c1cccc(C2CCC2)c1. The Morgan fingerprint density at radius 1 is 1.32 bits per heavy atom. The summed E-state index contributed by atoms with van der Waals surface area (Å²) in [5.41, 5.74) is 5.82. The molecule has 2 aliphatic rings. The quantitative estimate of drug-likeness (QED) is 0.632. The van der Waals surface area contributed by atoms with Crippen molar-refractivity contribution in [3.05, 3.63) is 35.4 Å². The zero-order valence-electron chi connectivity index (χ0n) is 11.5. The molecule has 3 nitrogen and oxygen atoms in total. The molecule has 1 aromatic rings. The van der Waals surface area contributed by atoms with Gasteiger partial charge in [0.15, 0.2) is 0 Å². The largest absolute Gasteiger partial charge is 0.381 e. The van der Waals surface area contributed by atoms with Crippen LogP contribution in [-0.2, 0) is 4.74 Å². The lowest BCUT2D eigenvalue weighted by atomic mass is 9.79. The van der Waals surface area contributed by atoms with Gasteiger partial charge in [0.05, 0.1) is 0 Å². The Morgan fingerprint density at radius 2 is 2.21 bits per heavy atom. The minimum Gasteiger partial charge on any atom is -0.381 e. The van der Waals surface area contributed by atoms with Gasteiger partial charge in [0.25, 0.3) is 0 Å². The third kappa shape index (κ3) is 2.99. The summed E-state index contributed by atoms with van der Waals surface area (Å²) in [5, 5.41) is 0. The maximum Gasteiger partial charge on any atom is 0.0495 e. The molecule has 3 N–H and O–H groups in total. The van der Waals surface area contributed by atoms with E-state index in [-0.39, 0.29) is 6.04 Å². The first-order chi connectivity index (χ1) is 9.36. The monoisotopic (exact) mass is 260 g/mol. The Kier molecular flexibility index (Phi) is 4.16. The second-order valence-electron chi connectivity index (χ2n) is 5.98. The van der Waals surface area contributed by atoms with Gasteiger partial charge in [-0.3, -0.25) is 11.3 Å². The molecule has 1 saturated heterocycles. The Balaban J connectivity index is 1.70. The topological polar surface area (TPSA) is 47.3 Å². The minimum absolute atomic E-state index is 0.256. The maximum atomic E-state index is 5.76. The number of nitrogens with two attached hydrogens (primary N) is 1. The molecule has 3 heteroatoms. The molecule has 2 unspecified atom stereocenters. The Bertz CT molecular complexity index is 411. The van der Waals surface area contributed by atoms with Crippen LogP contribution in [0.1, 0.15) is 55.2 Å². The fourth-order valence-corrected chi connectivity index (χ4v) is 3.17. The summed E-state index contributed by atoms with van der Waals surface area (Å²) in [6, 6.07) is 9.25. The van der Waals surface area contributed by atoms with Crippen molar-refractivity contribution < 1.29 is 4.74 Å². The van der Waals surface area contributed by atoms with E-state index in [4.69, 9.17) is 10.6 Å². The van der Waals surface area contributed by atoms with Gasteiger partial charge in [-0.25, -0.2) is 0 Å². The van der Waals surface area contributed by atoms with Gasteiger partial charge >= 0.3 is 0 Å². The summed E-state index contributed by atoms with van der Waals surface area (Å²) in [4.78, 5) is 0. The van der Waals surface area contributed by atoms with E-state index < -0.39 is 0 Å². The van der Waals surface area contributed by atoms with Gasteiger partial charge in [-0.15, -0.1) is 0 Å². The van der Waals surface area contributed by atoms with Crippen molar-refractivity contribution in [1.82, 2.24) is 5.43 Å². The first-order valence-corrected chi connectivity index (χ1v) is 7.50. The minimum atomic E-state index is 0.256. The third-order valence-electron chi connectivity index (χ3n) is 4.68. The van der Waals surface area contributed by atoms with E-state index in [0.29, 0.717) is 5.92 Å². The van der Waals surface area contributed by atoms with Crippen molar-refractivity contribution in [3.63, 3.8) is 0 Å².